The number of nitrogens with zero attached hydrogens (tertiary/aromatic N) is 5. The molecule has 194 valence electrons. The average molecular weight is 529 g/mol. The second-order valence-electron chi connectivity index (χ2n) is 8.64. The molecule has 0 aliphatic carbocycles. The number of hydrogen-bond acceptors (Lipinski definition) is 5. The Morgan fingerprint density at radius 1 is 1.21 bits per heavy atom. The fourth-order valence-corrected chi connectivity index (χ4v) is 4.04. The van der Waals surface area contributed by atoms with E-state index in [1.54, 1.807) is 35.5 Å². The van der Waals surface area contributed by atoms with Crippen LogP contribution in [0, 0.1) is 11.3 Å². The van der Waals surface area contributed by atoms with Crippen LogP contribution in [0.25, 0.3) is 23.0 Å². The SMILES string of the molecule is CCCCOc1ccc(-c2nn(-c3ccccc3)cc2/C=C(/C#N)C(=O)NCCCn2ccnc2)cc1Cl. The van der Waals surface area contributed by atoms with Crippen molar-refractivity contribution in [3.05, 3.63) is 89.6 Å². The number of rotatable bonds is 12. The Morgan fingerprint density at radius 2 is 2.05 bits per heavy atom. The lowest BCUT2D eigenvalue weighted by molar-refractivity contribution is -0.117. The van der Waals surface area contributed by atoms with Crippen LogP contribution >= 0.6 is 11.6 Å². The molecule has 0 aliphatic rings. The molecule has 0 saturated carbocycles. The summed E-state index contributed by atoms with van der Waals surface area (Å²) in [5.41, 5.74) is 2.80. The van der Waals surface area contributed by atoms with Gasteiger partial charge in [-0.05, 0) is 49.2 Å². The van der Waals surface area contributed by atoms with Crippen molar-refractivity contribution in [2.45, 2.75) is 32.7 Å². The molecule has 4 rings (SSSR count). The van der Waals surface area contributed by atoms with Gasteiger partial charge in [0, 0.05) is 42.8 Å². The lowest BCUT2D eigenvalue weighted by Gasteiger charge is -2.09. The predicted molar refractivity (Wildman–Crippen MR) is 148 cm³/mol. The van der Waals surface area contributed by atoms with Crippen molar-refractivity contribution in [1.82, 2.24) is 24.6 Å². The number of unbranched alkanes of at least 4 members (excludes halogenated alkanes) is 1. The van der Waals surface area contributed by atoms with Crippen LogP contribution in [-0.4, -0.2) is 38.4 Å². The average Bonchev–Trinajstić information content (AvgIpc) is 3.61. The van der Waals surface area contributed by atoms with E-state index in [-0.39, 0.29) is 5.57 Å². The van der Waals surface area contributed by atoms with Gasteiger partial charge in [-0.25, -0.2) is 9.67 Å². The third-order valence-corrected chi connectivity index (χ3v) is 6.12. The summed E-state index contributed by atoms with van der Waals surface area (Å²) in [5, 5.41) is 17.8. The van der Waals surface area contributed by atoms with Crippen molar-refractivity contribution < 1.29 is 9.53 Å². The molecule has 0 bridgehead atoms. The van der Waals surface area contributed by atoms with Crippen molar-refractivity contribution in [2.75, 3.05) is 13.2 Å². The summed E-state index contributed by atoms with van der Waals surface area (Å²) in [6.45, 7) is 3.85. The molecule has 0 saturated heterocycles. The van der Waals surface area contributed by atoms with Crippen molar-refractivity contribution in [1.29, 1.82) is 5.26 Å². The molecule has 0 unspecified atom stereocenters. The largest absolute Gasteiger partial charge is 0.492 e. The first-order valence-corrected chi connectivity index (χ1v) is 12.9. The molecule has 0 aliphatic heterocycles. The van der Waals surface area contributed by atoms with E-state index in [1.165, 1.54) is 0 Å². The molecule has 2 heterocycles. The van der Waals surface area contributed by atoms with Crippen LogP contribution in [-0.2, 0) is 11.3 Å². The van der Waals surface area contributed by atoms with E-state index < -0.39 is 5.91 Å². The van der Waals surface area contributed by atoms with Crippen molar-refractivity contribution >= 4 is 23.6 Å². The van der Waals surface area contributed by atoms with Gasteiger partial charge in [0.25, 0.3) is 5.91 Å². The molecule has 8 nitrogen and oxygen atoms in total. The highest BCUT2D eigenvalue weighted by Gasteiger charge is 2.16. The zero-order chi connectivity index (χ0) is 26.7. The minimum Gasteiger partial charge on any atom is -0.492 e. The maximum Gasteiger partial charge on any atom is 0.261 e. The second kappa shape index (κ2) is 13.3. The number of hydrogen-bond donors (Lipinski definition) is 1. The maximum atomic E-state index is 12.8. The molecule has 4 aromatic rings. The van der Waals surface area contributed by atoms with E-state index in [4.69, 9.17) is 21.4 Å². The summed E-state index contributed by atoms with van der Waals surface area (Å²) >= 11 is 6.53. The number of aryl methyl sites for hydroxylation is 1. The van der Waals surface area contributed by atoms with Gasteiger partial charge in [0.15, 0.2) is 0 Å². The molecule has 2 aromatic carbocycles. The number of ether oxygens (including phenoxy) is 1. The second-order valence-corrected chi connectivity index (χ2v) is 9.05. The predicted octanol–water partition coefficient (Wildman–Crippen LogP) is 5.68. The van der Waals surface area contributed by atoms with Gasteiger partial charge in [0.1, 0.15) is 23.1 Å². The van der Waals surface area contributed by atoms with Crippen molar-refractivity contribution in [2.24, 2.45) is 0 Å². The first-order valence-electron chi connectivity index (χ1n) is 12.5. The van der Waals surface area contributed by atoms with Crippen molar-refractivity contribution in [3.8, 4) is 28.8 Å². The number of benzene rings is 2. The van der Waals surface area contributed by atoms with Gasteiger partial charge in [-0.1, -0.05) is 43.1 Å². The van der Waals surface area contributed by atoms with E-state index in [0.29, 0.717) is 41.6 Å². The summed E-state index contributed by atoms with van der Waals surface area (Å²) in [6.07, 6.45) is 11.3. The highest BCUT2D eigenvalue weighted by Crippen LogP contribution is 2.32. The standard InChI is InChI=1S/C29H29ClN6O2/c1-2-3-16-38-27-11-10-22(18-26(27)30)28-24(20-36(34-28)25-8-5-4-6-9-25)17-23(19-31)29(37)33-12-7-14-35-15-13-32-21-35/h4-6,8-11,13,15,17-18,20-21H,2-3,7,12,14,16H2,1H3,(H,33,37)/b23-17-. The topological polar surface area (TPSA) is 97.8 Å². The minimum absolute atomic E-state index is 0.00731. The van der Waals surface area contributed by atoms with Crippen LogP contribution < -0.4 is 10.1 Å². The van der Waals surface area contributed by atoms with E-state index in [0.717, 1.165) is 30.6 Å². The Bertz CT molecular complexity index is 1420. The summed E-state index contributed by atoms with van der Waals surface area (Å²) in [5.74, 6) is 0.172. The summed E-state index contributed by atoms with van der Waals surface area (Å²) in [4.78, 5) is 16.8. The Hall–Kier alpha value is -4.35. The molecule has 0 atom stereocenters. The summed E-state index contributed by atoms with van der Waals surface area (Å²) in [7, 11) is 0. The molecule has 1 N–H and O–H groups in total. The molecule has 38 heavy (non-hydrogen) atoms. The van der Waals surface area contributed by atoms with Crippen LogP contribution in [0.15, 0.2) is 79.0 Å². The quantitative estimate of drug-likeness (QED) is 0.145. The van der Waals surface area contributed by atoms with Gasteiger partial charge in [-0.2, -0.15) is 10.4 Å². The Labute approximate surface area is 227 Å². The number of aromatic nitrogens is 4. The number of carbonyl (C=O) groups is 1. The van der Waals surface area contributed by atoms with E-state index in [9.17, 15) is 10.1 Å². The van der Waals surface area contributed by atoms with E-state index in [1.807, 2.05) is 59.3 Å². The van der Waals surface area contributed by atoms with Crippen molar-refractivity contribution in [3.63, 3.8) is 0 Å². The van der Waals surface area contributed by atoms with Crippen LogP contribution in [0.3, 0.4) is 0 Å². The van der Waals surface area contributed by atoms with Gasteiger partial charge >= 0.3 is 0 Å². The molecule has 9 heteroatoms. The lowest BCUT2D eigenvalue weighted by Crippen LogP contribution is -2.26. The monoisotopic (exact) mass is 528 g/mol. The molecular formula is C29H29ClN6O2. The fraction of sp³-hybridized carbons (Fsp3) is 0.241. The zero-order valence-corrected chi connectivity index (χ0v) is 21.9. The zero-order valence-electron chi connectivity index (χ0n) is 21.2. The molecule has 0 radical (unpaired) electrons. The molecule has 2 aromatic heterocycles. The van der Waals surface area contributed by atoms with E-state index >= 15 is 0 Å². The number of nitrogens with one attached hydrogen (secondary N) is 1. The first-order chi connectivity index (χ1) is 18.6. The van der Waals surface area contributed by atoms with Crippen LogP contribution in [0.5, 0.6) is 5.75 Å². The number of nitriles is 1. The van der Waals surface area contributed by atoms with Crippen LogP contribution in [0.2, 0.25) is 5.02 Å². The van der Waals surface area contributed by atoms with Gasteiger partial charge in [-0.3, -0.25) is 4.79 Å². The summed E-state index contributed by atoms with van der Waals surface area (Å²) in [6, 6.07) is 17.2. The smallest absolute Gasteiger partial charge is 0.261 e. The first kappa shape index (κ1) is 26.7. The lowest BCUT2D eigenvalue weighted by atomic mass is 10.1. The third-order valence-electron chi connectivity index (χ3n) is 5.83. The van der Waals surface area contributed by atoms with Gasteiger partial charge in [-0.15, -0.1) is 0 Å². The number of imidazole rings is 1. The Balaban J connectivity index is 1.59. The van der Waals surface area contributed by atoms with Gasteiger partial charge < -0.3 is 14.6 Å². The maximum absolute atomic E-state index is 12.8. The number of carbonyl (C=O) groups excluding carboxylic acids is 1. The molecule has 1 amide bonds. The summed E-state index contributed by atoms with van der Waals surface area (Å²) < 4.78 is 9.44. The molecule has 0 spiro atoms. The molecular weight excluding hydrogens is 500 g/mol. The van der Waals surface area contributed by atoms with Gasteiger partial charge in [0.2, 0.25) is 0 Å². The number of para-hydroxylation sites is 1. The normalized spacial score (nSPS) is 11.2. The van der Waals surface area contributed by atoms with Gasteiger partial charge in [0.05, 0.1) is 23.6 Å². The minimum atomic E-state index is -0.436. The number of halogens is 1. The molecule has 0 fully saturated rings. The van der Waals surface area contributed by atoms with Crippen LogP contribution in [0.4, 0.5) is 0 Å². The Kier molecular flexibility index (Phi) is 9.32. The third kappa shape index (κ3) is 6.90. The van der Waals surface area contributed by atoms with Crippen LogP contribution in [0.1, 0.15) is 31.7 Å². The highest BCUT2D eigenvalue weighted by atomic mass is 35.5. The van der Waals surface area contributed by atoms with E-state index in [2.05, 4.69) is 17.2 Å². The number of amides is 1. The highest BCUT2D eigenvalue weighted by molar-refractivity contribution is 6.32. The fourth-order valence-electron chi connectivity index (χ4n) is 3.80. The Morgan fingerprint density at radius 3 is 2.76 bits per heavy atom.